The van der Waals surface area contributed by atoms with Crippen molar-refractivity contribution >= 4 is 30.3 Å². The number of hydrogen-bond acceptors (Lipinski definition) is 4. The highest BCUT2D eigenvalue weighted by molar-refractivity contribution is 6.01. The molecule has 0 radical (unpaired) electrons. The number of rotatable bonds is 7. The molecular formula is C18H27ClN4O3. The lowest BCUT2D eigenvalue weighted by Crippen LogP contribution is -2.52. The highest BCUT2D eigenvalue weighted by Crippen LogP contribution is 2.17. The molecule has 1 aromatic carbocycles. The Morgan fingerprint density at radius 3 is 2.38 bits per heavy atom. The van der Waals surface area contributed by atoms with Crippen LogP contribution < -0.4 is 16.4 Å². The molecule has 2 rings (SSSR count). The van der Waals surface area contributed by atoms with Gasteiger partial charge in [0.25, 0.3) is 5.91 Å². The van der Waals surface area contributed by atoms with E-state index in [1.54, 1.807) is 24.3 Å². The maximum absolute atomic E-state index is 12.5. The van der Waals surface area contributed by atoms with Gasteiger partial charge in [-0.1, -0.05) is 26.0 Å². The van der Waals surface area contributed by atoms with Gasteiger partial charge in [-0.15, -0.1) is 12.4 Å². The maximum atomic E-state index is 12.5. The van der Waals surface area contributed by atoms with Crippen molar-refractivity contribution in [2.75, 3.05) is 13.1 Å². The predicted molar refractivity (Wildman–Crippen MR) is 102 cm³/mol. The van der Waals surface area contributed by atoms with Crippen LogP contribution in [0.15, 0.2) is 24.3 Å². The van der Waals surface area contributed by atoms with Gasteiger partial charge in [-0.25, -0.2) is 4.79 Å². The molecule has 1 unspecified atom stereocenters. The maximum Gasteiger partial charge on any atom is 0.324 e. The molecule has 8 heteroatoms. The Balaban J connectivity index is 0.00000338. The number of halogens is 1. The second kappa shape index (κ2) is 9.00. The molecule has 7 nitrogen and oxygen atoms in total. The number of nitrogens with one attached hydrogen (secondary N) is 2. The van der Waals surface area contributed by atoms with E-state index >= 15 is 0 Å². The number of urea groups is 1. The largest absolute Gasteiger partial charge is 0.346 e. The number of imide groups is 1. The second-order valence-electron chi connectivity index (χ2n) is 7.15. The first-order valence-corrected chi connectivity index (χ1v) is 8.44. The smallest absolute Gasteiger partial charge is 0.324 e. The fraction of sp³-hybridized carbons (Fsp3) is 0.500. The Labute approximate surface area is 160 Å². The van der Waals surface area contributed by atoms with E-state index in [1.165, 1.54) is 0 Å². The number of amides is 4. The first kappa shape index (κ1) is 21.9. The number of nitrogens with zero attached hydrogens (tertiary/aromatic N) is 1. The summed E-state index contributed by atoms with van der Waals surface area (Å²) in [7, 11) is 0. The summed E-state index contributed by atoms with van der Waals surface area (Å²) in [4.78, 5) is 36.8. The summed E-state index contributed by atoms with van der Waals surface area (Å²) in [5.41, 5.74) is 6.68. The Morgan fingerprint density at radius 2 is 1.92 bits per heavy atom. The van der Waals surface area contributed by atoms with Crippen molar-refractivity contribution in [3.63, 3.8) is 0 Å². The van der Waals surface area contributed by atoms with Gasteiger partial charge in [0.05, 0.1) is 13.1 Å². The SMILES string of the molecule is CC(C)CC(C)(CN)NC(=O)c1ccc(CN2C(=O)CNC2=O)cc1.Cl. The van der Waals surface area contributed by atoms with Gasteiger partial charge in [-0.3, -0.25) is 14.5 Å². The third-order valence-corrected chi connectivity index (χ3v) is 4.22. The quantitative estimate of drug-likeness (QED) is 0.623. The monoisotopic (exact) mass is 382 g/mol. The summed E-state index contributed by atoms with van der Waals surface area (Å²) < 4.78 is 0. The summed E-state index contributed by atoms with van der Waals surface area (Å²) in [6.07, 6.45) is 0.791. The van der Waals surface area contributed by atoms with Crippen LogP contribution in [0.2, 0.25) is 0 Å². The standard InChI is InChI=1S/C18H26N4O3.ClH/c1-12(2)8-18(3,11-19)21-16(24)14-6-4-13(5-7-14)10-22-15(23)9-20-17(22)25;/h4-7,12H,8-11,19H2,1-3H3,(H,20,25)(H,21,24);1H. The molecule has 0 bridgehead atoms. The zero-order valence-corrected chi connectivity index (χ0v) is 16.2. The minimum Gasteiger partial charge on any atom is -0.346 e. The van der Waals surface area contributed by atoms with Crippen LogP contribution in [0.5, 0.6) is 0 Å². The van der Waals surface area contributed by atoms with Gasteiger partial charge in [0.1, 0.15) is 0 Å². The molecule has 144 valence electrons. The van der Waals surface area contributed by atoms with Crippen molar-refractivity contribution in [2.45, 2.75) is 39.3 Å². The average molecular weight is 383 g/mol. The van der Waals surface area contributed by atoms with E-state index < -0.39 is 5.54 Å². The van der Waals surface area contributed by atoms with E-state index in [0.717, 1.165) is 16.9 Å². The third-order valence-electron chi connectivity index (χ3n) is 4.22. The molecule has 4 amide bonds. The van der Waals surface area contributed by atoms with Crippen LogP contribution in [0.3, 0.4) is 0 Å². The lowest BCUT2D eigenvalue weighted by atomic mass is 9.90. The summed E-state index contributed by atoms with van der Waals surface area (Å²) in [6, 6.07) is 6.48. The van der Waals surface area contributed by atoms with Crippen molar-refractivity contribution in [2.24, 2.45) is 11.7 Å². The van der Waals surface area contributed by atoms with Crippen LogP contribution in [0, 0.1) is 5.92 Å². The van der Waals surface area contributed by atoms with Gasteiger partial charge in [-0.2, -0.15) is 0 Å². The van der Waals surface area contributed by atoms with Crippen molar-refractivity contribution in [3.8, 4) is 0 Å². The first-order chi connectivity index (χ1) is 11.7. The summed E-state index contributed by atoms with van der Waals surface area (Å²) >= 11 is 0. The molecule has 1 saturated heterocycles. The van der Waals surface area contributed by atoms with E-state index in [4.69, 9.17) is 5.73 Å². The highest BCUT2D eigenvalue weighted by atomic mass is 35.5. The molecule has 26 heavy (non-hydrogen) atoms. The molecule has 1 aromatic rings. The molecule has 0 aromatic heterocycles. The van der Waals surface area contributed by atoms with E-state index in [2.05, 4.69) is 24.5 Å². The molecule has 1 heterocycles. The lowest BCUT2D eigenvalue weighted by molar-refractivity contribution is -0.125. The number of carbonyl (C=O) groups is 3. The van der Waals surface area contributed by atoms with Crippen molar-refractivity contribution < 1.29 is 14.4 Å². The normalized spacial score (nSPS) is 16.1. The third kappa shape index (κ3) is 5.44. The minimum absolute atomic E-state index is 0. The molecule has 1 atom stereocenters. The lowest BCUT2D eigenvalue weighted by Gasteiger charge is -2.31. The molecule has 4 N–H and O–H groups in total. The van der Waals surface area contributed by atoms with E-state index in [1.807, 2.05) is 6.92 Å². The van der Waals surface area contributed by atoms with E-state index in [9.17, 15) is 14.4 Å². The minimum atomic E-state index is -0.454. The van der Waals surface area contributed by atoms with Gasteiger partial charge >= 0.3 is 6.03 Å². The number of carbonyl (C=O) groups excluding carboxylic acids is 3. The molecule has 0 saturated carbocycles. The fourth-order valence-electron chi connectivity index (χ4n) is 2.99. The summed E-state index contributed by atoms with van der Waals surface area (Å²) in [5, 5.41) is 5.48. The molecule has 1 aliphatic heterocycles. The predicted octanol–water partition coefficient (Wildman–Crippen LogP) is 1.65. The van der Waals surface area contributed by atoms with Crippen LogP contribution in [0.1, 0.15) is 43.1 Å². The highest BCUT2D eigenvalue weighted by Gasteiger charge is 2.29. The van der Waals surface area contributed by atoms with E-state index in [0.29, 0.717) is 18.0 Å². The number of benzene rings is 1. The summed E-state index contributed by atoms with van der Waals surface area (Å²) in [5.74, 6) is -0.0188. The average Bonchev–Trinajstić information content (AvgIpc) is 2.86. The van der Waals surface area contributed by atoms with Gasteiger partial charge in [-0.05, 0) is 37.0 Å². The van der Waals surface area contributed by atoms with Crippen LogP contribution in [0.4, 0.5) is 4.79 Å². The Kier molecular flexibility index (Phi) is 7.59. The van der Waals surface area contributed by atoms with Crippen LogP contribution in [-0.4, -0.2) is 41.4 Å². The second-order valence-corrected chi connectivity index (χ2v) is 7.15. The Morgan fingerprint density at radius 1 is 1.31 bits per heavy atom. The number of nitrogens with two attached hydrogens (primary N) is 1. The molecule has 0 aliphatic carbocycles. The van der Waals surface area contributed by atoms with Crippen molar-refractivity contribution in [1.29, 1.82) is 0 Å². The Hall–Kier alpha value is -2.12. The number of hydrogen-bond donors (Lipinski definition) is 3. The first-order valence-electron chi connectivity index (χ1n) is 8.44. The van der Waals surface area contributed by atoms with Gasteiger partial charge < -0.3 is 16.4 Å². The van der Waals surface area contributed by atoms with Crippen molar-refractivity contribution in [3.05, 3.63) is 35.4 Å². The topological polar surface area (TPSA) is 105 Å². The molecule has 1 aliphatic rings. The molecule has 1 fully saturated rings. The zero-order valence-electron chi connectivity index (χ0n) is 15.4. The molecular weight excluding hydrogens is 356 g/mol. The summed E-state index contributed by atoms with van der Waals surface area (Å²) in [6.45, 7) is 6.71. The van der Waals surface area contributed by atoms with Crippen molar-refractivity contribution in [1.82, 2.24) is 15.5 Å². The Bertz CT molecular complexity index is 647. The van der Waals surface area contributed by atoms with Gasteiger partial charge in [0.2, 0.25) is 5.91 Å². The fourth-order valence-corrected chi connectivity index (χ4v) is 2.99. The van der Waals surface area contributed by atoms with E-state index in [-0.39, 0.29) is 43.3 Å². The zero-order chi connectivity index (χ0) is 18.6. The van der Waals surface area contributed by atoms with Crippen LogP contribution in [-0.2, 0) is 11.3 Å². The molecule has 0 spiro atoms. The van der Waals surface area contributed by atoms with Crippen LogP contribution in [0.25, 0.3) is 0 Å². The van der Waals surface area contributed by atoms with Crippen LogP contribution >= 0.6 is 12.4 Å². The van der Waals surface area contributed by atoms with Gasteiger partial charge in [0.15, 0.2) is 0 Å². The van der Waals surface area contributed by atoms with Gasteiger partial charge in [0, 0.05) is 17.6 Å².